The Hall–Kier alpha value is -4.56. The minimum Gasteiger partial charge on any atom is -0.478 e. The molecule has 0 heterocycles. The number of carboxylic acid groups (broad SMARTS) is 1. The van der Waals surface area contributed by atoms with Crippen LogP contribution < -0.4 is 15.4 Å². The van der Waals surface area contributed by atoms with Crippen molar-refractivity contribution >= 4 is 40.9 Å². The second-order valence-electron chi connectivity index (χ2n) is 8.42. The Morgan fingerprint density at radius 2 is 1.37 bits per heavy atom. The van der Waals surface area contributed by atoms with Crippen LogP contribution in [0.1, 0.15) is 28.4 Å². The number of carbonyl (C=O) groups is 3. The smallest absolute Gasteiger partial charge is 0.337 e. The Labute approximate surface area is 224 Å². The van der Waals surface area contributed by atoms with E-state index in [1.165, 1.54) is 13.0 Å². The van der Waals surface area contributed by atoms with Gasteiger partial charge in [0.15, 0.2) is 0 Å². The molecule has 0 atom stereocenters. The predicted octanol–water partition coefficient (Wildman–Crippen LogP) is 6.61. The third kappa shape index (κ3) is 7.47. The van der Waals surface area contributed by atoms with Crippen LogP contribution in [-0.4, -0.2) is 22.9 Å². The van der Waals surface area contributed by atoms with Crippen LogP contribution in [0.4, 0.5) is 11.4 Å². The first kappa shape index (κ1) is 26.5. The normalized spacial score (nSPS) is 10.4. The van der Waals surface area contributed by atoms with Crippen molar-refractivity contribution in [1.82, 2.24) is 0 Å². The van der Waals surface area contributed by atoms with Crippen molar-refractivity contribution in [3.63, 3.8) is 0 Å². The number of carbonyl (C=O) groups excluding carboxylic acids is 2. The molecule has 0 saturated heterocycles. The number of thioether (sulfide) groups is 1. The van der Waals surface area contributed by atoms with Crippen LogP contribution in [-0.2, 0) is 21.8 Å². The largest absolute Gasteiger partial charge is 0.478 e. The van der Waals surface area contributed by atoms with Crippen molar-refractivity contribution < 1.29 is 24.2 Å². The van der Waals surface area contributed by atoms with Crippen LogP contribution in [0.5, 0.6) is 11.5 Å². The molecule has 0 aliphatic carbocycles. The van der Waals surface area contributed by atoms with Gasteiger partial charge in [-0.3, -0.25) is 9.59 Å². The van der Waals surface area contributed by atoms with Crippen molar-refractivity contribution in [1.29, 1.82) is 0 Å². The summed E-state index contributed by atoms with van der Waals surface area (Å²) in [6, 6.07) is 29.0. The minimum atomic E-state index is -1.10. The first-order valence-electron chi connectivity index (χ1n) is 11.8. The maximum atomic E-state index is 12.4. The molecule has 0 saturated carbocycles. The van der Waals surface area contributed by atoms with Gasteiger partial charge in [-0.15, -0.1) is 11.8 Å². The molecule has 0 aliphatic rings. The van der Waals surface area contributed by atoms with Gasteiger partial charge in [-0.1, -0.05) is 42.5 Å². The fourth-order valence-corrected chi connectivity index (χ4v) is 4.60. The minimum absolute atomic E-state index is 0.0452. The molecule has 0 aromatic heterocycles. The Bertz CT molecular complexity index is 1440. The Morgan fingerprint density at radius 3 is 2.03 bits per heavy atom. The van der Waals surface area contributed by atoms with Crippen LogP contribution >= 0.6 is 11.8 Å². The molecule has 0 spiro atoms. The summed E-state index contributed by atoms with van der Waals surface area (Å²) >= 11 is 1.66. The Morgan fingerprint density at radius 1 is 0.763 bits per heavy atom. The summed E-state index contributed by atoms with van der Waals surface area (Å²) in [5.41, 5.74) is 2.95. The van der Waals surface area contributed by atoms with Crippen molar-refractivity contribution in [3.05, 3.63) is 114 Å². The van der Waals surface area contributed by atoms with Gasteiger partial charge in [-0.2, -0.15) is 0 Å². The fourth-order valence-electron chi connectivity index (χ4n) is 3.69. The summed E-state index contributed by atoms with van der Waals surface area (Å²) in [6.45, 7) is 1.50. The molecule has 3 N–H and O–H groups in total. The molecule has 192 valence electrons. The molecule has 4 aromatic carbocycles. The van der Waals surface area contributed by atoms with Crippen molar-refractivity contribution in [2.75, 3.05) is 10.6 Å². The standard InChI is InChI=1S/C30H26N2O5S/c1-20(33)31-27-8-4-2-6-22(27)19-38-25-16-14-24(15-17-25)37-23-12-10-21(11-13-23)18-29(34)32-28-9-5-3-7-26(28)30(35)36/h2-17H,18-19H2,1H3,(H,31,33)(H,32,34)(H,35,36). The van der Waals surface area contributed by atoms with Crippen molar-refractivity contribution in [3.8, 4) is 11.5 Å². The van der Waals surface area contributed by atoms with E-state index in [0.717, 1.165) is 21.7 Å². The number of rotatable bonds is 10. The predicted molar refractivity (Wildman–Crippen MR) is 149 cm³/mol. The number of nitrogens with one attached hydrogen (secondary N) is 2. The summed E-state index contributed by atoms with van der Waals surface area (Å²) in [7, 11) is 0. The molecule has 4 aromatic rings. The highest BCUT2D eigenvalue weighted by Crippen LogP contribution is 2.29. The highest BCUT2D eigenvalue weighted by molar-refractivity contribution is 7.98. The highest BCUT2D eigenvalue weighted by Gasteiger charge is 2.12. The number of amides is 2. The molecule has 0 radical (unpaired) electrons. The van der Waals surface area contributed by atoms with Gasteiger partial charge in [0.05, 0.1) is 17.7 Å². The van der Waals surface area contributed by atoms with Gasteiger partial charge >= 0.3 is 5.97 Å². The van der Waals surface area contributed by atoms with E-state index in [2.05, 4.69) is 10.6 Å². The number of ether oxygens (including phenoxy) is 1. The zero-order valence-corrected chi connectivity index (χ0v) is 21.5. The SMILES string of the molecule is CC(=O)Nc1ccccc1CSc1ccc(Oc2ccc(CC(=O)Nc3ccccc3C(=O)O)cc2)cc1. The molecule has 0 bridgehead atoms. The Kier molecular flexibility index (Phi) is 8.79. The summed E-state index contributed by atoms with van der Waals surface area (Å²) in [5, 5.41) is 14.8. The van der Waals surface area contributed by atoms with Crippen LogP contribution in [0.2, 0.25) is 0 Å². The molecule has 2 amide bonds. The van der Waals surface area contributed by atoms with Gasteiger partial charge in [0, 0.05) is 23.3 Å². The number of aromatic carboxylic acids is 1. The summed E-state index contributed by atoms with van der Waals surface area (Å²) in [4.78, 5) is 36.2. The van der Waals surface area contributed by atoms with Crippen molar-refractivity contribution in [2.45, 2.75) is 24.0 Å². The van der Waals surface area contributed by atoms with Gasteiger partial charge in [-0.05, 0) is 65.7 Å². The number of hydrogen-bond donors (Lipinski definition) is 3. The quantitative estimate of drug-likeness (QED) is 0.201. The van der Waals surface area contributed by atoms with Crippen LogP contribution in [0.15, 0.2) is 102 Å². The molecule has 0 aliphatic heterocycles. The third-order valence-corrected chi connectivity index (χ3v) is 6.56. The van der Waals surface area contributed by atoms with Crippen LogP contribution in [0.3, 0.4) is 0 Å². The zero-order valence-electron chi connectivity index (χ0n) is 20.6. The molecule has 0 fully saturated rings. The number of carboxylic acids is 1. The van der Waals surface area contributed by atoms with E-state index >= 15 is 0 Å². The topological polar surface area (TPSA) is 105 Å². The van der Waals surface area contributed by atoms with E-state index in [-0.39, 0.29) is 29.5 Å². The number of hydrogen-bond acceptors (Lipinski definition) is 5. The molecule has 38 heavy (non-hydrogen) atoms. The number of para-hydroxylation sites is 2. The molecular formula is C30H26N2O5S. The monoisotopic (exact) mass is 526 g/mol. The van der Waals surface area contributed by atoms with Gasteiger partial charge in [0.25, 0.3) is 0 Å². The number of anilines is 2. The van der Waals surface area contributed by atoms with E-state index < -0.39 is 5.97 Å². The van der Waals surface area contributed by atoms with E-state index in [4.69, 9.17) is 4.74 Å². The average molecular weight is 527 g/mol. The van der Waals surface area contributed by atoms with E-state index in [9.17, 15) is 19.5 Å². The maximum absolute atomic E-state index is 12.4. The first-order chi connectivity index (χ1) is 18.4. The average Bonchev–Trinajstić information content (AvgIpc) is 2.90. The van der Waals surface area contributed by atoms with E-state index in [0.29, 0.717) is 17.3 Å². The second-order valence-corrected chi connectivity index (χ2v) is 9.47. The summed E-state index contributed by atoms with van der Waals surface area (Å²) < 4.78 is 5.93. The third-order valence-electron chi connectivity index (χ3n) is 5.50. The number of benzene rings is 4. The fraction of sp³-hybridized carbons (Fsp3) is 0.100. The van der Waals surface area contributed by atoms with Crippen LogP contribution in [0.25, 0.3) is 0 Å². The molecule has 7 nitrogen and oxygen atoms in total. The van der Waals surface area contributed by atoms with Gasteiger partial charge in [0.1, 0.15) is 11.5 Å². The molecule has 4 rings (SSSR count). The lowest BCUT2D eigenvalue weighted by atomic mass is 10.1. The van der Waals surface area contributed by atoms with Gasteiger partial charge in [-0.25, -0.2) is 4.79 Å². The van der Waals surface area contributed by atoms with Crippen LogP contribution in [0, 0.1) is 0 Å². The lowest BCUT2D eigenvalue weighted by molar-refractivity contribution is -0.116. The lowest BCUT2D eigenvalue weighted by Crippen LogP contribution is -2.16. The van der Waals surface area contributed by atoms with Gasteiger partial charge in [0.2, 0.25) is 11.8 Å². The molecule has 0 unspecified atom stereocenters. The summed E-state index contributed by atoms with van der Waals surface area (Å²) in [6.07, 6.45) is 0.102. The Balaban J connectivity index is 1.30. The zero-order chi connectivity index (χ0) is 26.9. The molecule has 8 heteroatoms. The first-order valence-corrected chi connectivity index (χ1v) is 12.8. The van der Waals surface area contributed by atoms with E-state index in [1.54, 1.807) is 54.2 Å². The second kappa shape index (κ2) is 12.6. The van der Waals surface area contributed by atoms with Crippen molar-refractivity contribution in [2.24, 2.45) is 0 Å². The summed E-state index contributed by atoms with van der Waals surface area (Å²) in [5.74, 6) is 0.537. The van der Waals surface area contributed by atoms with E-state index in [1.807, 2.05) is 48.5 Å². The highest BCUT2D eigenvalue weighted by atomic mass is 32.2. The van der Waals surface area contributed by atoms with Gasteiger partial charge < -0.3 is 20.5 Å². The maximum Gasteiger partial charge on any atom is 0.337 e. The molecular weight excluding hydrogens is 500 g/mol. The lowest BCUT2D eigenvalue weighted by Gasteiger charge is -2.11.